The number of fused-ring (bicyclic) bond motifs is 2. The van der Waals surface area contributed by atoms with Crippen LogP contribution in [0.1, 0.15) is 60.9 Å². The molecule has 2 heteroatoms. The molecule has 1 unspecified atom stereocenters. The number of aryl methyl sites for hydroxylation is 3. The van der Waals surface area contributed by atoms with Crippen LogP contribution < -0.4 is 5.73 Å². The molecule has 0 aliphatic heterocycles. The molecule has 2 aromatic rings. The molecule has 1 fully saturated rings. The molecule has 0 spiro atoms. The Morgan fingerprint density at radius 1 is 1.09 bits per heavy atom. The lowest BCUT2D eigenvalue weighted by molar-refractivity contribution is 0.429. The van der Waals surface area contributed by atoms with Crippen LogP contribution >= 0.6 is 0 Å². The third-order valence-corrected chi connectivity index (χ3v) is 6.03. The van der Waals surface area contributed by atoms with Gasteiger partial charge in [-0.25, -0.2) is 0 Å². The van der Waals surface area contributed by atoms with Gasteiger partial charge in [-0.1, -0.05) is 12.8 Å². The maximum Gasteiger partial charge on any atom is 0.0461 e. The van der Waals surface area contributed by atoms with Gasteiger partial charge in [-0.05, 0) is 86.6 Å². The highest BCUT2D eigenvalue weighted by atomic mass is 14.7. The van der Waals surface area contributed by atoms with Gasteiger partial charge in [0.25, 0.3) is 0 Å². The minimum absolute atomic E-state index is 0.330. The highest BCUT2D eigenvalue weighted by Crippen LogP contribution is 2.33. The van der Waals surface area contributed by atoms with Crippen LogP contribution in [0.25, 0.3) is 10.9 Å². The summed E-state index contributed by atoms with van der Waals surface area (Å²) in [6.07, 6.45) is 11.6. The monoisotopic (exact) mass is 296 g/mol. The van der Waals surface area contributed by atoms with Crippen molar-refractivity contribution >= 4 is 10.9 Å². The van der Waals surface area contributed by atoms with Crippen molar-refractivity contribution < 1.29 is 0 Å². The Morgan fingerprint density at radius 3 is 2.50 bits per heavy atom. The van der Waals surface area contributed by atoms with Gasteiger partial charge in [-0.3, -0.25) is 0 Å². The zero-order valence-corrected chi connectivity index (χ0v) is 13.8. The van der Waals surface area contributed by atoms with Gasteiger partial charge in [0.2, 0.25) is 0 Å². The summed E-state index contributed by atoms with van der Waals surface area (Å²) >= 11 is 0. The van der Waals surface area contributed by atoms with Crippen molar-refractivity contribution in [2.75, 3.05) is 0 Å². The van der Waals surface area contributed by atoms with E-state index in [2.05, 4.69) is 24.0 Å². The summed E-state index contributed by atoms with van der Waals surface area (Å²) in [5, 5.41) is 1.44. The van der Waals surface area contributed by atoms with Gasteiger partial charge in [0.1, 0.15) is 0 Å². The zero-order chi connectivity index (χ0) is 15.1. The molecular formula is C20H28N2. The number of H-pyrrole nitrogens is 1. The average Bonchev–Trinajstić information content (AvgIpc) is 3.14. The second kappa shape index (κ2) is 5.73. The zero-order valence-electron chi connectivity index (χ0n) is 13.8. The van der Waals surface area contributed by atoms with E-state index in [0.29, 0.717) is 6.04 Å². The molecule has 1 aromatic carbocycles. The fraction of sp³-hybridized carbons (Fsp3) is 0.600. The van der Waals surface area contributed by atoms with Crippen LogP contribution in [-0.2, 0) is 19.3 Å². The maximum atomic E-state index is 6.55. The molecule has 1 saturated carbocycles. The molecule has 0 bridgehead atoms. The Kier molecular flexibility index (Phi) is 3.73. The van der Waals surface area contributed by atoms with Crippen molar-refractivity contribution in [2.24, 2.45) is 11.7 Å². The van der Waals surface area contributed by atoms with Gasteiger partial charge < -0.3 is 10.7 Å². The average molecular weight is 296 g/mol. The molecule has 0 radical (unpaired) electrons. The summed E-state index contributed by atoms with van der Waals surface area (Å²) < 4.78 is 0. The lowest BCUT2D eigenvalue weighted by Gasteiger charge is -2.19. The van der Waals surface area contributed by atoms with Gasteiger partial charge in [-0.2, -0.15) is 0 Å². The van der Waals surface area contributed by atoms with Crippen LogP contribution in [-0.4, -0.2) is 11.0 Å². The number of nitrogens with one attached hydrogen (secondary N) is 1. The van der Waals surface area contributed by atoms with Gasteiger partial charge in [-0.15, -0.1) is 0 Å². The standard InChI is InChI=1S/C20H28N2/c1-13-17(12-19(21)14-6-2-3-7-14)18-10-15-8-4-5-9-16(15)11-20(18)22-13/h10-11,14,19,22H,2-9,12,21H2,1H3. The van der Waals surface area contributed by atoms with Gasteiger partial charge in [0.05, 0.1) is 0 Å². The lowest BCUT2D eigenvalue weighted by Crippen LogP contribution is -2.30. The van der Waals surface area contributed by atoms with E-state index >= 15 is 0 Å². The van der Waals surface area contributed by atoms with Crippen molar-refractivity contribution in [3.63, 3.8) is 0 Å². The molecule has 1 heterocycles. The molecule has 118 valence electrons. The second-order valence-electron chi connectivity index (χ2n) is 7.51. The first-order valence-electron chi connectivity index (χ1n) is 9.11. The fourth-order valence-corrected chi connectivity index (χ4v) is 4.67. The molecule has 4 rings (SSSR count). The first-order chi connectivity index (χ1) is 10.7. The number of benzene rings is 1. The van der Waals surface area contributed by atoms with Crippen molar-refractivity contribution in [2.45, 2.75) is 70.8 Å². The van der Waals surface area contributed by atoms with Crippen molar-refractivity contribution in [3.8, 4) is 0 Å². The third kappa shape index (κ3) is 2.48. The number of aromatic nitrogens is 1. The number of aromatic amines is 1. The van der Waals surface area contributed by atoms with Crippen molar-refractivity contribution in [3.05, 3.63) is 34.5 Å². The quantitative estimate of drug-likeness (QED) is 0.865. The molecule has 2 aliphatic rings. The van der Waals surface area contributed by atoms with Gasteiger partial charge in [0.15, 0.2) is 0 Å². The Morgan fingerprint density at radius 2 is 1.77 bits per heavy atom. The van der Waals surface area contributed by atoms with E-state index in [-0.39, 0.29) is 0 Å². The molecule has 3 N–H and O–H groups in total. The smallest absolute Gasteiger partial charge is 0.0461 e. The van der Waals surface area contributed by atoms with E-state index in [1.807, 2.05) is 0 Å². The van der Waals surface area contributed by atoms with E-state index in [9.17, 15) is 0 Å². The van der Waals surface area contributed by atoms with E-state index < -0.39 is 0 Å². The molecule has 0 amide bonds. The first kappa shape index (κ1) is 14.3. The number of hydrogen-bond donors (Lipinski definition) is 2. The molecule has 22 heavy (non-hydrogen) atoms. The summed E-state index contributed by atoms with van der Waals surface area (Å²) in [4.78, 5) is 3.62. The first-order valence-corrected chi connectivity index (χ1v) is 9.11. The minimum atomic E-state index is 0.330. The van der Waals surface area contributed by atoms with Gasteiger partial charge >= 0.3 is 0 Å². The molecular weight excluding hydrogens is 268 g/mol. The predicted molar refractivity (Wildman–Crippen MR) is 93.3 cm³/mol. The summed E-state index contributed by atoms with van der Waals surface area (Å²) in [6.45, 7) is 2.22. The van der Waals surface area contributed by atoms with E-state index in [1.54, 1.807) is 11.1 Å². The topological polar surface area (TPSA) is 41.8 Å². The van der Waals surface area contributed by atoms with Crippen molar-refractivity contribution in [1.29, 1.82) is 0 Å². The predicted octanol–water partition coefficient (Wildman–Crippen LogP) is 4.42. The normalized spacial score (nSPS) is 20.5. The van der Waals surface area contributed by atoms with Crippen LogP contribution in [0.2, 0.25) is 0 Å². The summed E-state index contributed by atoms with van der Waals surface area (Å²) in [6, 6.07) is 5.20. The minimum Gasteiger partial charge on any atom is -0.358 e. The Balaban J connectivity index is 1.68. The van der Waals surface area contributed by atoms with E-state index in [4.69, 9.17) is 5.73 Å². The summed E-state index contributed by atoms with van der Waals surface area (Å²) in [7, 11) is 0. The highest BCUT2D eigenvalue weighted by molar-refractivity contribution is 5.86. The van der Waals surface area contributed by atoms with Crippen LogP contribution in [0, 0.1) is 12.8 Å². The lowest BCUT2D eigenvalue weighted by atomic mass is 9.88. The van der Waals surface area contributed by atoms with Gasteiger partial charge in [0, 0.05) is 22.6 Å². The van der Waals surface area contributed by atoms with Crippen LogP contribution in [0.3, 0.4) is 0 Å². The van der Waals surface area contributed by atoms with Crippen molar-refractivity contribution in [1.82, 2.24) is 4.98 Å². The Bertz CT molecular complexity index is 677. The molecule has 0 saturated heterocycles. The molecule has 1 aromatic heterocycles. The number of rotatable bonds is 3. The molecule has 2 aliphatic carbocycles. The van der Waals surface area contributed by atoms with Crippen LogP contribution in [0.4, 0.5) is 0 Å². The van der Waals surface area contributed by atoms with Crippen LogP contribution in [0.5, 0.6) is 0 Å². The highest BCUT2D eigenvalue weighted by Gasteiger charge is 2.24. The molecule has 2 nitrogen and oxygen atoms in total. The maximum absolute atomic E-state index is 6.55. The summed E-state index contributed by atoms with van der Waals surface area (Å²) in [5.41, 5.74) is 13.8. The number of nitrogens with two attached hydrogens (primary N) is 1. The SMILES string of the molecule is Cc1[nH]c2cc3c(cc2c1CC(N)C1CCCC1)CCCC3. The van der Waals surface area contributed by atoms with E-state index in [0.717, 1.165) is 12.3 Å². The second-order valence-corrected chi connectivity index (χ2v) is 7.51. The Hall–Kier alpha value is -1.28. The van der Waals surface area contributed by atoms with E-state index in [1.165, 1.54) is 73.5 Å². The third-order valence-electron chi connectivity index (χ3n) is 6.03. The van der Waals surface area contributed by atoms with Crippen LogP contribution in [0.15, 0.2) is 12.1 Å². The Labute approximate surface area is 133 Å². The fourth-order valence-electron chi connectivity index (χ4n) is 4.67. The largest absolute Gasteiger partial charge is 0.358 e. The molecule has 1 atom stereocenters. The summed E-state index contributed by atoms with van der Waals surface area (Å²) in [5.74, 6) is 0.738. The number of hydrogen-bond acceptors (Lipinski definition) is 1.